The van der Waals surface area contributed by atoms with E-state index in [9.17, 15) is 8.42 Å². The zero-order valence-corrected chi connectivity index (χ0v) is 17.9. The van der Waals surface area contributed by atoms with Crippen LogP contribution in [0, 0.1) is 6.92 Å². The summed E-state index contributed by atoms with van der Waals surface area (Å²) in [6.45, 7) is 6.03. The third kappa shape index (κ3) is 3.35. The first-order valence-corrected chi connectivity index (χ1v) is 11.8. The van der Waals surface area contributed by atoms with Crippen LogP contribution < -0.4 is 0 Å². The number of hydrogen-bond donors (Lipinski definition) is 0. The Morgan fingerprint density at radius 1 is 1.36 bits per heavy atom. The lowest BCUT2D eigenvalue weighted by atomic mass is 10.0. The molecule has 3 aromatic rings. The van der Waals surface area contributed by atoms with Gasteiger partial charge in [0.05, 0.1) is 17.0 Å². The molecule has 0 aliphatic carbocycles. The molecule has 28 heavy (non-hydrogen) atoms. The number of aromatic nitrogens is 3. The van der Waals surface area contributed by atoms with Crippen LogP contribution in [0.2, 0.25) is 5.02 Å². The minimum atomic E-state index is -3.09. The number of halogens is 1. The van der Waals surface area contributed by atoms with E-state index in [2.05, 4.69) is 6.92 Å². The van der Waals surface area contributed by atoms with Crippen LogP contribution in [0.15, 0.2) is 22.6 Å². The van der Waals surface area contributed by atoms with Crippen LogP contribution in [0.5, 0.6) is 0 Å². The molecule has 1 aliphatic heterocycles. The Bertz CT molecular complexity index is 1150. The highest BCUT2D eigenvalue weighted by Gasteiger charge is 2.43. The van der Waals surface area contributed by atoms with Crippen molar-refractivity contribution < 1.29 is 12.8 Å². The molecule has 0 amide bonds. The van der Waals surface area contributed by atoms with E-state index in [4.69, 9.17) is 26.1 Å². The smallest absolute Gasteiger partial charge is 0.195 e. The van der Waals surface area contributed by atoms with E-state index in [0.29, 0.717) is 23.0 Å². The summed E-state index contributed by atoms with van der Waals surface area (Å²) >= 11 is 6.15. The van der Waals surface area contributed by atoms with Crippen LogP contribution in [-0.4, -0.2) is 34.7 Å². The summed E-state index contributed by atoms with van der Waals surface area (Å²) in [5.74, 6) is 2.17. The Labute approximate surface area is 169 Å². The van der Waals surface area contributed by atoms with Gasteiger partial charge in [-0.25, -0.2) is 18.1 Å². The zero-order valence-electron chi connectivity index (χ0n) is 16.3. The Balaban J connectivity index is 1.89. The second kappa shape index (κ2) is 6.88. The van der Waals surface area contributed by atoms with Gasteiger partial charge in [-0.2, -0.15) is 5.10 Å². The van der Waals surface area contributed by atoms with Crippen LogP contribution in [0.3, 0.4) is 0 Å². The fourth-order valence-electron chi connectivity index (χ4n) is 3.89. The third-order valence-electron chi connectivity index (χ3n) is 5.50. The highest BCUT2D eigenvalue weighted by atomic mass is 35.5. The van der Waals surface area contributed by atoms with Crippen LogP contribution in [-0.2, 0) is 21.8 Å². The highest BCUT2D eigenvalue weighted by molar-refractivity contribution is 7.91. The predicted molar refractivity (Wildman–Crippen MR) is 111 cm³/mol. The summed E-state index contributed by atoms with van der Waals surface area (Å²) < 4.78 is 32.3. The summed E-state index contributed by atoms with van der Waals surface area (Å²) in [6, 6.07) is 5.51. The van der Waals surface area contributed by atoms with Gasteiger partial charge in [-0.3, -0.25) is 0 Å². The quantitative estimate of drug-likeness (QED) is 0.604. The molecule has 0 spiro atoms. The molecule has 3 heterocycles. The molecule has 1 saturated heterocycles. The lowest BCUT2D eigenvalue weighted by Gasteiger charge is -2.24. The van der Waals surface area contributed by atoms with E-state index in [1.165, 1.54) is 0 Å². The fraction of sp³-hybridized carbons (Fsp3) is 0.500. The second-order valence-corrected chi connectivity index (χ2v) is 10.5. The molecule has 1 aliphatic rings. The maximum atomic E-state index is 12.2. The molecule has 1 aromatic carbocycles. The molecule has 0 bridgehead atoms. The number of nitrogens with zero attached hydrogens (tertiary/aromatic N) is 3. The predicted octanol–water partition coefficient (Wildman–Crippen LogP) is 4.53. The van der Waals surface area contributed by atoms with Crippen molar-refractivity contribution in [1.29, 1.82) is 0 Å². The van der Waals surface area contributed by atoms with Gasteiger partial charge in [0.15, 0.2) is 27.2 Å². The van der Waals surface area contributed by atoms with Crippen molar-refractivity contribution in [2.45, 2.75) is 52.0 Å². The molecule has 0 N–H and O–H groups in total. The lowest BCUT2D eigenvalue weighted by Crippen LogP contribution is -2.33. The number of fused-ring (bicyclic) bond motifs is 1. The maximum absolute atomic E-state index is 12.2. The summed E-state index contributed by atoms with van der Waals surface area (Å²) in [4.78, 5) is 4.76. The van der Waals surface area contributed by atoms with Crippen molar-refractivity contribution in [1.82, 2.24) is 14.8 Å². The van der Waals surface area contributed by atoms with E-state index in [0.717, 1.165) is 41.6 Å². The molecule has 1 atom stereocenters. The fourth-order valence-corrected chi connectivity index (χ4v) is 6.17. The third-order valence-corrected chi connectivity index (χ3v) is 7.62. The number of hydrogen-bond acceptors (Lipinski definition) is 5. The van der Waals surface area contributed by atoms with Crippen LogP contribution in [0.1, 0.15) is 44.5 Å². The lowest BCUT2D eigenvalue weighted by molar-refractivity contribution is 0.327. The van der Waals surface area contributed by atoms with E-state index in [1.54, 1.807) is 10.7 Å². The Hall–Kier alpha value is -1.86. The van der Waals surface area contributed by atoms with E-state index in [1.807, 2.05) is 26.0 Å². The van der Waals surface area contributed by atoms with Crippen LogP contribution in [0.4, 0.5) is 0 Å². The Kier molecular flexibility index (Phi) is 4.78. The van der Waals surface area contributed by atoms with Gasteiger partial charge in [0.25, 0.3) is 0 Å². The van der Waals surface area contributed by atoms with E-state index in [-0.39, 0.29) is 11.5 Å². The SMILES string of the molecule is CCCCc1nc(-c2oc3ccc(Cl)cc3c2C)n(C2(C)CCS(=O)(=O)C2)n1. The molecule has 8 heteroatoms. The van der Waals surface area contributed by atoms with Gasteiger partial charge in [-0.05, 0) is 44.9 Å². The molecule has 1 fully saturated rings. The first-order chi connectivity index (χ1) is 13.2. The zero-order chi connectivity index (χ0) is 20.1. The number of rotatable bonds is 5. The largest absolute Gasteiger partial charge is 0.452 e. The normalized spacial score (nSPS) is 21.6. The van der Waals surface area contributed by atoms with Gasteiger partial charge in [0.1, 0.15) is 5.58 Å². The van der Waals surface area contributed by atoms with Crippen molar-refractivity contribution in [2.75, 3.05) is 11.5 Å². The monoisotopic (exact) mass is 421 g/mol. The number of sulfone groups is 1. The van der Waals surface area contributed by atoms with Crippen molar-refractivity contribution in [2.24, 2.45) is 0 Å². The average Bonchev–Trinajstić information content (AvgIpc) is 3.28. The molecule has 150 valence electrons. The molecule has 4 rings (SSSR count). The van der Waals surface area contributed by atoms with Gasteiger partial charge >= 0.3 is 0 Å². The van der Waals surface area contributed by atoms with E-state index < -0.39 is 15.4 Å². The molecule has 0 saturated carbocycles. The molecule has 1 unspecified atom stereocenters. The maximum Gasteiger partial charge on any atom is 0.195 e. The molecule has 0 radical (unpaired) electrons. The van der Waals surface area contributed by atoms with Crippen molar-refractivity contribution >= 4 is 32.4 Å². The Morgan fingerprint density at radius 2 is 2.14 bits per heavy atom. The molecular formula is C20H24ClN3O3S. The standard InChI is InChI=1S/C20H24ClN3O3S/c1-4-5-6-17-22-19(24(23-17)20(3)9-10-28(25,26)12-20)18-13(2)15-11-14(21)7-8-16(15)27-18/h7-8,11H,4-6,9-10,12H2,1-3H3. The van der Waals surface area contributed by atoms with Crippen LogP contribution in [0.25, 0.3) is 22.6 Å². The van der Waals surface area contributed by atoms with Crippen molar-refractivity contribution in [3.63, 3.8) is 0 Å². The first-order valence-electron chi connectivity index (χ1n) is 9.58. The summed E-state index contributed by atoms with van der Waals surface area (Å²) in [7, 11) is -3.09. The number of benzene rings is 1. The second-order valence-electron chi connectivity index (χ2n) is 7.90. The summed E-state index contributed by atoms with van der Waals surface area (Å²) in [5, 5.41) is 6.30. The molecular weight excluding hydrogens is 398 g/mol. The number of furan rings is 1. The number of aryl methyl sites for hydroxylation is 2. The van der Waals surface area contributed by atoms with Gasteiger partial charge in [-0.1, -0.05) is 24.9 Å². The van der Waals surface area contributed by atoms with Gasteiger partial charge in [0, 0.05) is 22.4 Å². The van der Waals surface area contributed by atoms with Crippen LogP contribution >= 0.6 is 11.6 Å². The summed E-state index contributed by atoms with van der Waals surface area (Å²) in [5.41, 5.74) is 1.03. The minimum absolute atomic E-state index is 0.0642. The van der Waals surface area contributed by atoms with Gasteiger partial charge < -0.3 is 4.42 Å². The van der Waals surface area contributed by atoms with E-state index >= 15 is 0 Å². The highest BCUT2D eigenvalue weighted by Crippen LogP contribution is 2.38. The van der Waals surface area contributed by atoms with Crippen molar-refractivity contribution in [3.8, 4) is 11.6 Å². The molecule has 2 aromatic heterocycles. The summed E-state index contributed by atoms with van der Waals surface area (Å²) in [6.07, 6.45) is 3.29. The average molecular weight is 422 g/mol. The number of unbranched alkanes of at least 4 members (excludes halogenated alkanes) is 1. The van der Waals surface area contributed by atoms with Gasteiger partial charge in [0.2, 0.25) is 0 Å². The molecule has 6 nitrogen and oxygen atoms in total. The minimum Gasteiger partial charge on any atom is -0.452 e. The topological polar surface area (TPSA) is 78.0 Å². The van der Waals surface area contributed by atoms with Crippen molar-refractivity contribution in [3.05, 3.63) is 34.6 Å². The Morgan fingerprint density at radius 3 is 2.82 bits per heavy atom. The van der Waals surface area contributed by atoms with Gasteiger partial charge in [-0.15, -0.1) is 0 Å². The first kappa shape index (κ1) is 19.5.